The number of thiophene rings is 1. The van der Waals surface area contributed by atoms with E-state index in [0.29, 0.717) is 6.54 Å². The fourth-order valence-corrected chi connectivity index (χ4v) is 1.57. The molecule has 0 unspecified atom stereocenters. The molecule has 1 aromatic heterocycles. The second kappa shape index (κ2) is 5.43. The summed E-state index contributed by atoms with van der Waals surface area (Å²) in [5.74, 6) is 5.63. The minimum atomic E-state index is -0.0819. The van der Waals surface area contributed by atoms with Gasteiger partial charge >= 0.3 is 0 Å². The smallest absolute Gasteiger partial charge is 0.217 e. The number of amides is 1. The van der Waals surface area contributed by atoms with E-state index < -0.39 is 0 Å². The molecule has 0 aliphatic heterocycles. The van der Waals surface area contributed by atoms with Crippen LogP contribution in [0, 0.1) is 11.8 Å². The normalized spacial score (nSPS) is 9.00. The van der Waals surface area contributed by atoms with Crippen LogP contribution in [0.1, 0.15) is 16.7 Å². The summed E-state index contributed by atoms with van der Waals surface area (Å²) in [7, 11) is 0. The predicted octanol–water partition coefficient (Wildman–Crippen LogP) is 0.728. The van der Waals surface area contributed by atoms with Crippen molar-refractivity contribution in [2.24, 2.45) is 0 Å². The number of aliphatic hydroxyl groups excluding tert-OH is 1. The number of hydrogen-bond acceptors (Lipinski definition) is 3. The number of aliphatic hydroxyl groups is 1. The van der Waals surface area contributed by atoms with Crippen molar-refractivity contribution in [2.75, 3.05) is 6.54 Å². The maximum absolute atomic E-state index is 10.5. The largest absolute Gasteiger partial charge is 0.391 e. The Balaban J connectivity index is 2.46. The topological polar surface area (TPSA) is 49.3 Å². The molecule has 14 heavy (non-hydrogen) atoms. The fourth-order valence-electron chi connectivity index (χ4n) is 0.830. The molecule has 3 nitrogen and oxygen atoms in total. The third-order valence-corrected chi connectivity index (χ3v) is 2.44. The molecule has 0 atom stereocenters. The Morgan fingerprint density at radius 2 is 2.43 bits per heavy atom. The Labute approximate surface area is 86.8 Å². The molecule has 0 fully saturated rings. The highest BCUT2D eigenvalue weighted by Gasteiger charge is 1.94. The van der Waals surface area contributed by atoms with Crippen molar-refractivity contribution in [2.45, 2.75) is 13.5 Å². The SMILES string of the molecule is CC(=O)NCC#Cc1ccc(CO)s1. The molecule has 2 N–H and O–H groups in total. The van der Waals surface area contributed by atoms with Gasteiger partial charge in [-0.2, -0.15) is 0 Å². The zero-order chi connectivity index (χ0) is 10.4. The summed E-state index contributed by atoms with van der Waals surface area (Å²) in [5, 5.41) is 11.4. The second-order valence-corrected chi connectivity index (χ2v) is 3.80. The van der Waals surface area contributed by atoms with Crippen molar-refractivity contribution >= 4 is 17.2 Å². The lowest BCUT2D eigenvalue weighted by Crippen LogP contribution is -2.19. The first-order chi connectivity index (χ1) is 6.72. The molecule has 1 aromatic rings. The van der Waals surface area contributed by atoms with Gasteiger partial charge in [-0.3, -0.25) is 4.79 Å². The first kappa shape index (κ1) is 10.8. The summed E-state index contributed by atoms with van der Waals surface area (Å²) >= 11 is 1.46. The molecule has 0 radical (unpaired) electrons. The van der Waals surface area contributed by atoms with Crippen LogP contribution in [0.15, 0.2) is 12.1 Å². The third-order valence-electron chi connectivity index (χ3n) is 1.45. The molecule has 1 heterocycles. The second-order valence-electron chi connectivity index (χ2n) is 2.64. The Morgan fingerprint density at radius 1 is 1.64 bits per heavy atom. The third kappa shape index (κ3) is 3.60. The molecular formula is C10H11NO2S. The molecule has 74 valence electrons. The summed E-state index contributed by atoms with van der Waals surface area (Å²) in [6, 6.07) is 3.70. The van der Waals surface area contributed by atoms with Gasteiger partial charge in [0.1, 0.15) is 0 Å². The maximum Gasteiger partial charge on any atom is 0.217 e. The summed E-state index contributed by atoms with van der Waals surface area (Å²) in [4.78, 5) is 12.3. The van der Waals surface area contributed by atoms with Crippen LogP contribution in [-0.2, 0) is 11.4 Å². The van der Waals surface area contributed by atoms with Gasteiger partial charge in [-0.05, 0) is 12.1 Å². The van der Waals surface area contributed by atoms with Gasteiger partial charge in [0.15, 0.2) is 0 Å². The Morgan fingerprint density at radius 3 is 3.00 bits per heavy atom. The minimum Gasteiger partial charge on any atom is -0.391 e. The van der Waals surface area contributed by atoms with Gasteiger partial charge < -0.3 is 10.4 Å². The zero-order valence-corrected chi connectivity index (χ0v) is 8.65. The molecule has 1 amide bonds. The van der Waals surface area contributed by atoms with Gasteiger partial charge in [0, 0.05) is 11.8 Å². The molecule has 0 spiro atoms. The zero-order valence-electron chi connectivity index (χ0n) is 7.83. The van der Waals surface area contributed by atoms with Crippen LogP contribution >= 0.6 is 11.3 Å². The van der Waals surface area contributed by atoms with Gasteiger partial charge in [-0.1, -0.05) is 11.8 Å². The van der Waals surface area contributed by atoms with Crippen LogP contribution in [-0.4, -0.2) is 17.6 Å². The lowest BCUT2D eigenvalue weighted by Gasteiger charge is -1.90. The predicted molar refractivity (Wildman–Crippen MR) is 55.8 cm³/mol. The lowest BCUT2D eigenvalue weighted by atomic mass is 10.4. The van der Waals surface area contributed by atoms with Gasteiger partial charge in [0.2, 0.25) is 5.91 Å². The molecule has 0 aliphatic rings. The van der Waals surface area contributed by atoms with Crippen LogP contribution < -0.4 is 5.32 Å². The minimum absolute atomic E-state index is 0.0536. The molecule has 1 rings (SSSR count). The first-order valence-electron chi connectivity index (χ1n) is 4.15. The monoisotopic (exact) mass is 209 g/mol. The molecule has 0 saturated carbocycles. The van der Waals surface area contributed by atoms with E-state index in [9.17, 15) is 4.79 Å². The standard InChI is InChI=1S/C10H11NO2S/c1-8(13)11-6-2-3-9-4-5-10(7-12)14-9/h4-5,12H,6-7H2,1H3,(H,11,13). The molecule has 0 saturated heterocycles. The van der Waals surface area contributed by atoms with Gasteiger partial charge in [-0.15, -0.1) is 11.3 Å². The molecular weight excluding hydrogens is 198 g/mol. The van der Waals surface area contributed by atoms with E-state index in [1.165, 1.54) is 18.3 Å². The Hall–Kier alpha value is -1.31. The van der Waals surface area contributed by atoms with E-state index in [0.717, 1.165) is 9.75 Å². The Bertz CT molecular complexity index is 373. The molecule has 0 aromatic carbocycles. The highest BCUT2D eigenvalue weighted by molar-refractivity contribution is 7.12. The van der Waals surface area contributed by atoms with Crippen LogP contribution in [0.4, 0.5) is 0 Å². The van der Waals surface area contributed by atoms with E-state index >= 15 is 0 Å². The van der Waals surface area contributed by atoms with Gasteiger partial charge in [-0.25, -0.2) is 0 Å². The molecule has 0 bridgehead atoms. The Kier molecular flexibility index (Phi) is 4.17. The van der Waals surface area contributed by atoms with E-state index in [4.69, 9.17) is 5.11 Å². The van der Waals surface area contributed by atoms with Crippen molar-refractivity contribution in [3.63, 3.8) is 0 Å². The summed E-state index contributed by atoms with van der Waals surface area (Å²) in [6.07, 6.45) is 0. The van der Waals surface area contributed by atoms with Crippen LogP contribution in [0.5, 0.6) is 0 Å². The number of hydrogen-bond donors (Lipinski definition) is 2. The van der Waals surface area contributed by atoms with Crippen molar-refractivity contribution in [1.82, 2.24) is 5.32 Å². The number of carbonyl (C=O) groups excluding carboxylic acids is 1. The molecule has 4 heteroatoms. The van der Waals surface area contributed by atoms with Crippen molar-refractivity contribution in [3.05, 3.63) is 21.9 Å². The first-order valence-corrected chi connectivity index (χ1v) is 4.97. The highest BCUT2D eigenvalue weighted by Crippen LogP contribution is 2.14. The number of carbonyl (C=O) groups is 1. The number of rotatable bonds is 2. The van der Waals surface area contributed by atoms with Crippen molar-refractivity contribution in [1.29, 1.82) is 0 Å². The van der Waals surface area contributed by atoms with Gasteiger partial charge in [0.25, 0.3) is 0 Å². The lowest BCUT2D eigenvalue weighted by molar-refractivity contribution is -0.118. The fraction of sp³-hybridized carbons (Fsp3) is 0.300. The van der Waals surface area contributed by atoms with Crippen LogP contribution in [0.3, 0.4) is 0 Å². The summed E-state index contributed by atoms with van der Waals surface area (Å²) in [5.41, 5.74) is 0. The van der Waals surface area contributed by atoms with Crippen LogP contribution in [0.2, 0.25) is 0 Å². The molecule has 0 aliphatic carbocycles. The van der Waals surface area contributed by atoms with E-state index in [-0.39, 0.29) is 12.5 Å². The van der Waals surface area contributed by atoms with Crippen molar-refractivity contribution < 1.29 is 9.90 Å². The quantitative estimate of drug-likeness (QED) is 0.705. The van der Waals surface area contributed by atoms with E-state index in [1.54, 1.807) is 0 Å². The van der Waals surface area contributed by atoms with Crippen molar-refractivity contribution in [3.8, 4) is 11.8 Å². The summed E-state index contributed by atoms with van der Waals surface area (Å²) in [6.45, 7) is 1.87. The maximum atomic E-state index is 10.5. The average molecular weight is 209 g/mol. The average Bonchev–Trinajstić information content (AvgIpc) is 2.60. The van der Waals surface area contributed by atoms with E-state index in [1.807, 2.05) is 12.1 Å². The van der Waals surface area contributed by atoms with Gasteiger partial charge in [0.05, 0.1) is 18.0 Å². The van der Waals surface area contributed by atoms with E-state index in [2.05, 4.69) is 17.2 Å². The highest BCUT2D eigenvalue weighted by atomic mass is 32.1. The summed E-state index contributed by atoms with van der Waals surface area (Å²) < 4.78 is 0. The number of nitrogens with one attached hydrogen (secondary N) is 1. The van der Waals surface area contributed by atoms with Crippen LogP contribution in [0.25, 0.3) is 0 Å².